The van der Waals surface area contributed by atoms with Crippen molar-refractivity contribution in [3.63, 3.8) is 0 Å². The molecule has 1 aromatic carbocycles. The minimum atomic E-state index is -0.573. The van der Waals surface area contributed by atoms with Crippen molar-refractivity contribution < 1.29 is 18.7 Å². The summed E-state index contributed by atoms with van der Waals surface area (Å²) >= 11 is 1.73. The Morgan fingerprint density at radius 3 is 2.81 bits per heavy atom. The maximum Gasteiger partial charge on any atom is 0.253 e. The third-order valence-corrected chi connectivity index (χ3v) is 5.64. The largest absolute Gasteiger partial charge is 0.377 e. The molecular weight excluding hydrogens is 355 g/mol. The van der Waals surface area contributed by atoms with E-state index in [2.05, 4.69) is 22.4 Å². The summed E-state index contributed by atoms with van der Waals surface area (Å²) in [4.78, 5) is 17.7. The highest BCUT2D eigenvalue weighted by Crippen LogP contribution is 2.28. The summed E-state index contributed by atoms with van der Waals surface area (Å²) in [5, 5.41) is 2.07. The first-order valence-electron chi connectivity index (χ1n) is 8.66. The topological polar surface area (TPSA) is 42.0 Å². The van der Waals surface area contributed by atoms with Gasteiger partial charge in [-0.15, -0.1) is 11.3 Å². The van der Waals surface area contributed by atoms with E-state index in [1.807, 2.05) is 0 Å². The van der Waals surface area contributed by atoms with Gasteiger partial charge in [0, 0.05) is 30.2 Å². The molecule has 2 aliphatic rings. The molecule has 2 aromatic rings. The van der Waals surface area contributed by atoms with Crippen LogP contribution in [0.1, 0.15) is 4.88 Å². The first-order valence-corrected chi connectivity index (χ1v) is 9.54. The van der Waals surface area contributed by atoms with Crippen LogP contribution in [0.15, 0.2) is 41.8 Å². The second kappa shape index (κ2) is 7.44. The van der Waals surface area contributed by atoms with Gasteiger partial charge in [0.1, 0.15) is 18.0 Å². The van der Waals surface area contributed by atoms with Crippen LogP contribution < -0.4 is 4.90 Å². The van der Waals surface area contributed by atoms with Gasteiger partial charge in [0.25, 0.3) is 5.91 Å². The summed E-state index contributed by atoms with van der Waals surface area (Å²) in [6, 6.07) is 10.2. The van der Waals surface area contributed by atoms with Crippen molar-refractivity contribution in [1.29, 1.82) is 0 Å². The highest BCUT2D eigenvalue weighted by molar-refractivity contribution is 7.09. The van der Waals surface area contributed by atoms with Gasteiger partial charge in [0.2, 0.25) is 0 Å². The molecule has 2 saturated heterocycles. The van der Waals surface area contributed by atoms with Crippen molar-refractivity contribution in [2.24, 2.45) is 0 Å². The van der Waals surface area contributed by atoms with E-state index in [1.54, 1.807) is 28.4 Å². The lowest BCUT2D eigenvalue weighted by Gasteiger charge is -2.43. The molecule has 0 radical (unpaired) electrons. The number of hydrogen-bond acceptors (Lipinski definition) is 5. The van der Waals surface area contributed by atoms with Crippen molar-refractivity contribution >= 4 is 22.9 Å². The monoisotopic (exact) mass is 376 g/mol. The smallest absolute Gasteiger partial charge is 0.253 e. The van der Waals surface area contributed by atoms with Crippen LogP contribution in [0.4, 0.5) is 10.1 Å². The molecule has 0 unspecified atom stereocenters. The summed E-state index contributed by atoms with van der Waals surface area (Å²) < 4.78 is 25.0. The van der Waals surface area contributed by atoms with Crippen molar-refractivity contribution in [3.8, 4) is 0 Å². The van der Waals surface area contributed by atoms with E-state index < -0.39 is 5.60 Å². The zero-order valence-corrected chi connectivity index (χ0v) is 15.2. The Labute approximate surface area is 155 Å². The van der Waals surface area contributed by atoms with Crippen molar-refractivity contribution in [1.82, 2.24) is 4.90 Å². The number of rotatable bonds is 3. The van der Waals surface area contributed by atoms with Gasteiger partial charge in [-0.05, 0) is 35.7 Å². The van der Waals surface area contributed by atoms with Crippen molar-refractivity contribution in [2.45, 2.75) is 12.1 Å². The summed E-state index contributed by atoms with van der Waals surface area (Å²) in [7, 11) is 0. The molecule has 1 spiro atoms. The number of anilines is 1. The minimum absolute atomic E-state index is 0.00752. The summed E-state index contributed by atoms with van der Waals surface area (Å²) in [6.07, 6.45) is 0. The zero-order valence-electron chi connectivity index (χ0n) is 14.4. The molecule has 3 heterocycles. The minimum Gasteiger partial charge on any atom is -0.377 e. The number of nitrogens with zero attached hydrogens (tertiary/aromatic N) is 2. The molecule has 0 bridgehead atoms. The Hall–Kier alpha value is -1.80. The molecule has 7 heteroatoms. The number of amides is 1. The molecule has 2 fully saturated rings. The number of halogens is 1. The fourth-order valence-electron chi connectivity index (χ4n) is 3.50. The van der Waals surface area contributed by atoms with Gasteiger partial charge < -0.3 is 14.4 Å². The highest BCUT2D eigenvalue weighted by Gasteiger charge is 2.43. The zero-order chi connectivity index (χ0) is 18.0. The Morgan fingerprint density at radius 2 is 2.04 bits per heavy atom. The predicted molar refractivity (Wildman–Crippen MR) is 97.9 cm³/mol. The molecule has 26 heavy (non-hydrogen) atoms. The van der Waals surface area contributed by atoms with E-state index in [0.717, 1.165) is 13.1 Å². The number of morpholine rings is 1. The van der Waals surface area contributed by atoms with Crippen LogP contribution in [0.2, 0.25) is 0 Å². The fraction of sp³-hybridized carbons (Fsp3) is 0.421. The van der Waals surface area contributed by atoms with Crippen LogP contribution in [0.3, 0.4) is 0 Å². The van der Waals surface area contributed by atoms with E-state index >= 15 is 0 Å². The molecule has 1 aromatic heterocycles. The lowest BCUT2D eigenvalue weighted by atomic mass is 10.0. The van der Waals surface area contributed by atoms with Gasteiger partial charge in [-0.1, -0.05) is 6.07 Å². The van der Waals surface area contributed by atoms with E-state index in [0.29, 0.717) is 32.0 Å². The van der Waals surface area contributed by atoms with Gasteiger partial charge >= 0.3 is 0 Å². The Balaban J connectivity index is 1.53. The van der Waals surface area contributed by atoms with Crippen LogP contribution in [0.25, 0.3) is 0 Å². The molecule has 1 amide bonds. The number of benzene rings is 1. The average molecular weight is 376 g/mol. The first-order chi connectivity index (χ1) is 12.6. The van der Waals surface area contributed by atoms with E-state index in [9.17, 15) is 9.18 Å². The van der Waals surface area contributed by atoms with Gasteiger partial charge in [-0.25, -0.2) is 4.39 Å². The summed E-state index contributed by atoms with van der Waals surface area (Å²) in [5.41, 5.74) is 0.115. The van der Waals surface area contributed by atoms with Crippen LogP contribution in [-0.2, 0) is 20.8 Å². The van der Waals surface area contributed by atoms with Crippen LogP contribution in [-0.4, -0.2) is 55.9 Å². The second-order valence-electron chi connectivity index (χ2n) is 6.77. The average Bonchev–Trinajstić information content (AvgIpc) is 3.07. The molecule has 0 saturated carbocycles. The Kier molecular flexibility index (Phi) is 5.04. The maximum absolute atomic E-state index is 13.2. The van der Waals surface area contributed by atoms with Crippen molar-refractivity contribution in [3.05, 3.63) is 52.5 Å². The normalized spacial score (nSPS) is 24.8. The Bertz CT molecular complexity index is 753. The van der Waals surface area contributed by atoms with Crippen LogP contribution in [0, 0.1) is 5.82 Å². The third kappa shape index (κ3) is 3.81. The van der Waals surface area contributed by atoms with Crippen molar-refractivity contribution in [2.75, 3.05) is 44.4 Å². The maximum atomic E-state index is 13.2. The standard InChI is InChI=1S/C19H21FN2O3S/c20-15-3-5-16(6-4-15)22-13-19(25-11-18(22)23)12-21(7-8-24-14-19)10-17-2-1-9-26-17/h1-6,9H,7-8,10-14H2/t19-/m0/s1. The van der Waals surface area contributed by atoms with Gasteiger partial charge in [-0.3, -0.25) is 9.69 Å². The van der Waals surface area contributed by atoms with Gasteiger partial charge in [0.15, 0.2) is 0 Å². The molecule has 1 atom stereocenters. The number of hydrogen-bond donors (Lipinski definition) is 0. The van der Waals surface area contributed by atoms with Gasteiger partial charge in [0.05, 0.1) is 19.8 Å². The highest BCUT2D eigenvalue weighted by atomic mass is 32.1. The lowest BCUT2D eigenvalue weighted by molar-refractivity contribution is -0.146. The fourth-order valence-corrected chi connectivity index (χ4v) is 4.24. The molecule has 4 rings (SSSR count). The molecule has 5 nitrogen and oxygen atoms in total. The van der Waals surface area contributed by atoms with E-state index in [-0.39, 0.29) is 18.3 Å². The summed E-state index contributed by atoms with van der Waals surface area (Å²) in [6.45, 7) is 3.85. The van der Waals surface area contributed by atoms with Crippen LogP contribution >= 0.6 is 11.3 Å². The van der Waals surface area contributed by atoms with Gasteiger partial charge in [-0.2, -0.15) is 0 Å². The first kappa shape index (κ1) is 17.6. The number of ether oxygens (including phenoxy) is 2. The van der Waals surface area contributed by atoms with E-state index in [4.69, 9.17) is 9.47 Å². The van der Waals surface area contributed by atoms with Crippen LogP contribution in [0.5, 0.6) is 0 Å². The molecule has 2 aliphatic heterocycles. The summed E-state index contributed by atoms with van der Waals surface area (Å²) in [5.74, 6) is -0.430. The lowest BCUT2D eigenvalue weighted by Crippen LogP contribution is -2.60. The quantitative estimate of drug-likeness (QED) is 0.826. The molecular formula is C19H21FN2O3S. The molecule has 0 N–H and O–H groups in total. The second-order valence-corrected chi connectivity index (χ2v) is 7.80. The predicted octanol–water partition coefficient (Wildman–Crippen LogP) is 2.52. The number of thiophene rings is 1. The molecule has 138 valence electrons. The number of carbonyl (C=O) groups is 1. The Morgan fingerprint density at radius 1 is 1.19 bits per heavy atom. The third-order valence-electron chi connectivity index (χ3n) is 4.78. The molecule has 0 aliphatic carbocycles. The number of carbonyl (C=O) groups excluding carboxylic acids is 1. The van der Waals surface area contributed by atoms with E-state index in [1.165, 1.54) is 17.0 Å². The SMILES string of the molecule is O=C1CO[C@]2(COCCN(Cc3cccs3)C2)CN1c1ccc(F)cc1.